The van der Waals surface area contributed by atoms with Crippen LogP contribution in [0.1, 0.15) is 48.8 Å². The van der Waals surface area contributed by atoms with Crippen LogP contribution in [0.4, 0.5) is 4.79 Å². The number of hydrogen-bond donors (Lipinski definition) is 1. The normalized spacial score (nSPS) is 21.2. The second-order valence-electron chi connectivity index (χ2n) is 9.44. The van der Waals surface area contributed by atoms with Crippen LogP contribution in [0.3, 0.4) is 0 Å². The maximum absolute atomic E-state index is 13.2. The highest BCUT2D eigenvalue weighted by Gasteiger charge is 2.52. The number of carbonyl (C=O) groups is 3. The molecule has 33 heavy (non-hydrogen) atoms. The molecule has 1 saturated carbocycles. The third-order valence-corrected chi connectivity index (χ3v) is 9.25. The number of benzene rings is 1. The Balaban J connectivity index is 1.34. The molecule has 180 valence electrons. The molecule has 0 aromatic heterocycles. The summed E-state index contributed by atoms with van der Waals surface area (Å²) >= 11 is 0. The average molecular weight is 477 g/mol. The van der Waals surface area contributed by atoms with Gasteiger partial charge in [-0.05, 0) is 44.7 Å². The first-order valence-corrected chi connectivity index (χ1v) is 13.0. The van der Waals surface area contributed by atoms with E-state index in [0.717, 1.165) is 34.4 Å². The number of nitrogens with zero attached hydrogens (tertiary/aromatic N) is 3. The van der Waals surface area contributed by atoms with Crippen LogP contribution in [0.2, 0.25) is 0 Å². The van der Waals surface area contributed by atoms with Gasteiger partial charge < -0.3 is 10.2 Å². The number of nitrogens with one attached hydrogen (secondary N) is 1. The van der Waals surface area contributed by atoms with Crippen molar-refractivity contribution in [2.75, 3.05) is 32.7 Å². The fraction of sp³-hybridized carbons (Fsp3) is 0.609. The van der Waals surface area contributed by atoms with Crippen molar-refractivity contribution in [3.63, 3.8) is 0 Å². The minimum absolute atomic E-state index is 0.0398. The maximum atomic E-state index is 13.2. The molecule has 9 nitrogen and oxygen atoms in total. The smallest absolute Gasteiger partial charge is 0.325 e. The van der Waals surface area contributed by atoms with Gasteiger partial charge in [0.05, 0.1) is 4.90 Å². The summed E-state index contributed by atoms with van der Waals surface area (Å²) in [6, 6.07) is 3.31. The predicted octanol–water partition coefficient (Wildman–Crippen LogP) is 1.70. The van der Waals surface area contributed by atoms with Gasteiger partial charge in [-0.1, -0.05) is 30.5 Å². The molecule has 1 spiro atoms. The minimum Gasteiger partial charge on any atom is -0.340 e. The summed E-state index contributed by atoms with van der Waals surface area (Å²) in [5.41, 5.74) is 1.69. The number of imide groups is 1. The van der Waals surface area contributed by atoms with Gasteiger partial charge in [0.25, 0.3) is 5.91 Å². The summed E-state index contributed by atoms with van der Waals surface area (Å²) in [4.78, 5) is 40.9. The van der Waals surface area contributed by atoms with E-state index in [-0.39, 0.29) is 51.0 Å². The van der Waals surface area contributed by atoms with Crippen molar-refractivity contribution in [2.45, 2.75) is 63.3 Å². The number of aryl methyl sites for hydroxylation is 3. The first-order chi connectivity index (χ1) is 15.5. The van der Waals surface area contributed by atoms with E-state index in [0.29, 0.717) is 17.7 Å². The summed E-state index contributed by atoms with van der Waals surface area (Å²) in [6.07, 6.45) is 3.16. The summed E-state index contributed by atoms with van der Waals surface area (Å²) in [5.74, 6) is -0.403. The van der Waals surface area contributed by atoms with Crippen LogP contribution in [-0.4, -0.2) is 78.6 Å². The standard InChI is InChI=1S/C23H32N4O5S/c1-16-14-17(2)20(18(3)15-16)33(31,32)26-12-10-25(11-13-26)19(28)6-9-27-21(29)23(24-22(27)30)7-4-5-8-23/h14-15H,4-13H2,1-3H3,(H,24,30). The molecule has 0 unspecified atom stereocenters. The Labute approximate surface area is 195 Å². The first-order valence-electron chi connectivity index (χ1n) is 11.5. The lowest BCUT2D eigenvalue weighted by Crippen LogP contribution is -2.51. The van der Waals surface area contributed by atoms with E-state index in [4.69, 9.17) is 0 Å². The summed E-state index contributed by atoms with van der Waals surface area (Å²) in [5, 5.41) is 2.82. The lowest BCUT2D eigenvalue weighted by Gasteiger charge is -2.34. The molecule has 1 N–H and O–H groups in total. The zero-order valence-electron chi connectivity index (χ0n) is 19.5. The Morgan fingerprint density at radius 1 is 1.00 bits per heavy atom. The molecule has 1 aromatic carbocycles. The zero-order valence-corrected chi connectivity index (χ0v) is 20.3. The van der Waals surface area contributed by atoms with Gasteiger partial charge in [0.2, 0.25) is 15.9 Å². The number of carbonyl (C=O) groups excluding carboxylic acids is 3. The average Bonchev–Trinajstić information content (AvgIpc) is 3.30. The van der Waals surface area contributed by atoms with E-state index in [2.05, 4.69) is 5.32 Å². The van der Waals surface area contributed by atoms with Gasteiger partial charge in [-0.2, -0.15) is 4.31 Å². The largest absolute Gasteiger partial charge is 0.340 e. The second kappa shape index (κ2) is 8.72. The molecular formula is C23H32N4O5S. The van der Waals surface area contributed by atoms with Gasteiger partial charge in [-0.15, -0.1) is 0 Å². The summed E-state index contributed by atoms with van der Waals surface area (Å²) in [7, 11) is -3.65. The number of sulfonamides is 1. The molecule has 4 rings (SSSR count). The van der Waals surface area contributed by atoms with Crippen LogP contribution in [0.15, 0.2) is 17.0 Å². The van der Waals surface area contributed by atoms with E-state index in [1.807, 2.05) is 19.1 Å². The molecule has 10 heteroatoms. The molecule has 0 radical (unpaired) electrons. The van der Waals surface area contributed by atoms with Gasteiger partial charge in [-0.3, -0.25) is 14.5 Å². The highest BCUT2D eigenvalue weighted by atomic mass is 32.2. The molecule has 2 aliphatic heterocycles. The van der Waals surface area contributed by atoms with Gasteiger partial charge in [0.15, 0.2) is 0 Å². The van der Waals surface area contributed by atoms with Crippen LogP contribution >= 0.6 is 0 Å². The molecular weight excluding hydrogens is 444 g/mol. The van der Waals surface area contributed by atoms with E-state index < -0.39 is 21.6 Å². The summed E-state index contributed by atoms with van der Waals surface area (Å²) < 4.78 is 27.9. The molecule has 2 heterocycles. The van der Waals surface area contributed by atoms with Crippen molar-refractivity contribution in [1.29, 1.82) is 0 Å². The number of piperazine rings is 1. The highest BCUT2D eigenvalue weighted by molar-refractivity contribution is 7.89. The molecule has 4 amide bonds. The van der Waals surface area contributed by atoms with Crippen molar-refractivity contribution in [3.8, 4) is 0 Å². The van der Waals surface area contributed by atoms with Gasteiger partial charge >= 0.3 is 6.03 Å². The van der Waals surface area contributed by atoms with Crippen LogP contribution in [-0.2, 0) is 19.6 Å². The van der Waals surface area contributed by atoms with E-state index in [9.17, 15) is 22.8 Å². The maximum Gasteiger partial charge on any atom is 0.325 e. The molecule has 1 aromatic rings. The second-order valence-corrected chi connectivity index (χ2v) is 11.3. The predicted molar refractivity (Wildman–Crippen MR) is 122 cm³/mol. The summed E-state index contributed by atoms with van der Waals surface area (Å²) in [6.45, 7) is 6.59. The Morgan fingerprint density at radius 2 is 1.58 bits per heavy atom. The Kier molecular flexibility index (Phi) is 6.26. The lowest BCUT2D eigenvalue weighted by atomic mass is 9.98. The first kappa shape index (κ1) is 23.7. The van der Waals surface area contributed by atoms with Crippen LogP contribution < -0.4 is 5.32 Å². The Bertz CT molecular complexity index is 1060. The number of amides is 4. The van der Waals surface area contributed by atoms with E-state index >= 15 is 0 Å². The number of urea groups is 1. The van der Waals surface area contributed by atoms with Crippen molar-refractivity contribution < 1.29 is 22.8 Å². The molecule has 3 fully saturated rings. The third kappa shape index (κ3) is 4.26. The monoisotopic (exact) mass is 476 g/mol. The number of hydrogen-bond acceptors (Lipinski definition) is 5. The fourth-order valence-electron chi connectivity index (χ4n) is 5.44. The quantitative estimate of drug-likeness (QED) is 0.651. The molecule has 2 saturated heterocycles. The highest BCUT2D eigenvalue weighted by Crippen LogP contribution is 2.35. The molecule has 1 aliphatic carbocycles. The lowest BCUT2D eigenvalue weighted by molar-refractivity contribution is -0.134. The zero-order chi connectivity index (χ0) is 24.0. The Hall–Kier alpha value is -2.46. The van der Waals surface area contributed by atoms with Gasteiger partial charge in [0, 0.05) is 39.1 Å². The van der Waals surface area contributed by atoms with Gasteiger partial charge in [-0.25, -0.2) is 13.2 Å². The fourth-order valence-corrected chi connectivity index (χ4v) is 7.28. The SMILES string of the molecule is Cc1cc(C)c(S(=O)(=O)N2CCN(C(=O)CCN3C(=O)NC4(CCCC4)C3=O)CC2)c(C)c1. The van der Waals surface area contributed by atoms with Crippen molar-refractivity contribution >= 4 is 27.9 Å². The topological polar surface area (TPSA) is 107 Å². The van der Waals surface area contributed by atoms with Crippen LogP contribution in [0.5, 0.6) is 0 Å². The van der Waals surface area contributed by atoms with Crippen molar-refractivity contribution in [1.82, 2.24) is 19.4 Å². The van der Waals surface area contributed by atoms with Crippen molar-refractivity contribution in [3.05, 3.63) is 28.8 Å². The van der Waals surface area contributed by atoms with Crippen LogP contribution in [0, 0.1) is 20.8 Å². The molecule has 0 atom stereocenters. The third-order valence-electron chi connectivity index (χ3n) is 7.05. The molecule has 0 bridgehead atoms. The van der Waals surface area contributed by atoms with Crippen molar-refractivity contribution in [2.24, 2.45) is 0 Å². The minimum atomic E-state index is -3.65. The van der Waals surface area contributed by atoms with Crippen LogP contribution in [0.25, 0.3) is 0 Å². The van der Waals surface area contributed by atoms with Gasteiger partial charge in [0.1, 0.15) is 5.54 Å². The Morgan fingerprint density at radius 3 is 2.15 bits per heavy atom. The number of rotatable bonds is 5. The van der Waals surface area contributed by atoms with E-state index in [1.165, 1.54) is 4.31 Å². The molecule has 3 aliphatic rings. The van der Waals surface area contributed by atoms with E-state index in [1.54, 1.807) is 18.7 Å².